The lowest BCUT2D eigenvalue weighted by molar-refractivity contribution is -0.0706. The Balaban J connectivity index is 1.63. The Morgan fingerprint density at radius 2 is 1.91 bits per heavy atom. The molecule has 1 amide bonds. The van der Waals surface area contributed by atoms with Gasteiger partial charge in [-0.2, -0.15) is 0 Å². The first-order valence-corrected chi connectivity index (χ1v) is 8.64. The maximum Gasteiger partial charge on any atom is 0.410 e. The van der Waals surface area contributed by atoms with Gasteiger partial charge in [0.15, 0.2) is 0 Å². The van der Waals surface area contributed by atoms with Crippen molar-refractivity contribution in [2.24, 2.45) is 5.92 Å². The fourth-order valence-electron chi connectivity index (χ4n) is 3.70. The predicted octanol–water partition coefficient (Wildman–Crippen LogP) is 3.69. The Hall–Kier alpha value is -1.55. The van der Waals surface area contributed by atoms with Gasteiger partial charge in [-0.1, -0.05) is 30.3 Å². The Bertz CT molecular complexity index is 552. The van der Waals surface area contributed by atoms with Crippen LogP contribution in [0.4, 0.5) is 4.79 Å². The molecule has 0 saturated carbocycles. The van der Waals surface area contributed by atoms with Gasteiger partial charge in [0.25, 0.3) is 0 Å². The van der Waals surface area contributed by atoms with Crippen LogP contribution < -0.4 is 0 Å². The summed E-state index contributed by atoms with van der Waals surface area (Å²) in [5, 5.41) is 0. The number of carbonyl (C=O) groups excluding carboxylic acids is 1. The summed E-state index contributed by atoms with van der Waals surface area (Å²) in [5.41, 5.74) is 0.922. The maximum absolute atomic E-state index is 12.3. The van der Waals surface area contributed by atoms with Crippen molar-refractivity contribution in [2.45, 2.75) is 51.8 Å². The average Bonchev–Trinajstić information content (AvgIpc) is 2.47. The molecule has 0 spiro atoms. The number of benzene rings is 1. The molecule has 3 rings (SSSR count). The number of carbonyl (C=O) groups is 1. The van der Waals surface area contributed by atoms with E-state index in [9.17, 15) is 4.79 Å². The van der Waals surface area contributed by atoms with Gasteiger partial charge in [0.1, 0.15) is 5.60 Å². The molecule has 4 heteroatoms. The van der Waals surface area contributed by atoms with E-state index < -0.39 is 5.60 Å². The van der Waals surface area contributed by atoms with E-state index in [0.717, 1.165) is 32.0 Å². The molecular weight excluding hydrogens is 288 g/mol. The fraction of sp³-hybridized carbons (Fsp3) is 0.632. The van der Waals surface area contributed by atoms with E-state index in [-0.39, 0.29) is 6.09 Å². The molecule has 0 radical (unpaired) electrons. The Labute approximate surface area is 139 Å². The van der Waals surface area contributed by atoms with Crippen LogP contribution in [0.1, 0.15) is 45.7 Å². The van der Waals surface area contributed by atoms with E-state index in [0.29, 0.717) is 12.1 Å². The molecular formula is C19H28N2O2. The molecule has 4 nitrogen and oxygen atoms in total. The quantitative estimate of drug-likeness (QED) is 0.834. The zero-order valence-electron chi connectivity index (χ0n) is 14.7. The third-order valence-electron chi connectivity index (χ3n) is 5.02. The molecule has 0 aromatic heterocycles. The van der Waals surface area contributed by atoms with Crippen molar-refractivity contribution in [3.05, 3.63) is 35.9 Å². The standard InChI is InChI=1S/C19H28N2O2/c1-14(15-8-6-5-7-9-15)21-12-16-10-11-20(13-17(16)21)18(22)23-19(2,3)4/h5-9,14,16-17H,10-13H2,1-4H3/t14?,16-,17-/m1/s1. The van der Waals surface area contributed by atoms with E-state index in [2.05, 4.69) is 42.2 Å². The minimum Gasteiger partial charge on any atom is -0.444 e. The van der Waals surface area contributed by atoms with Gasteiger partial charge in [0.05, 0.1) is 0 Å². The third kappa shape index (κ3) is 3.52. The molecule has 3 atom stereocenters. The minimum absolute atomic E-state index is 0.171. The topological polar surface area (TPSA) is 32.8 Å². The summed E-state index contributed by atoms with van der Waals surface area (Å²) in [6, 6.07) is 11.5. The summed E-state index contributed by atoms with van der Waals surface area (Å²) in [6.07, 6.45) is 0.914. The second-order valence-electron chi connectivity index (χ2n) is 7.83. The van der Waals surface area contributed by atoms with E-state index in [1.54, 1.807) is 0 Å². The molecule has 1 unspecified atom stereocenters. The van der Waals surface area contributed by atoms with Crippen molar-refractivity contribution in [2.75, 3.05) is 19.6 Å². The number of hydrogen-bond donors (Lipinski definition) is 0. The first-order valence-electron chi connectivity index (χ1n) is 8.64. The van der Waals surface area contributed by atoms with Gasteiger partial charge in [-0.25, -0.2) is 4.79 Å². The second kappa shape index (κ2) is 6.16. The smallest absolute Gasteiger partial charge is 0.410 e. The first-order chi connectivity index (χ1) is 10.8. The number of fused-ring (bicyclic) bond motifs is 1. The van der Waals surface area contributed by atoms with E-state index >= 15 is 0 Å². The summed E-state index contributed by atoms with van der Waals surface area (Å²) >= 11 is 0. The van der Waals surface area contributed by atoms with Crippen LogP contribution in [-0.2, 0) is 4.74 Å². The summed E-state index contributed by atoms with van der Waals surface area (Å²) in [6.45, 7) is 10.8. The number of nitrogens with zero attached hydrogens (tertiary/aromatic N) is 2. The summed E-state index contributed by atoms with van der Waals surface area (Å²) < 4.78 is 5.53. The van der Waals surface area contributed by atoms with Crippen molar-refractivity contribution in [1.29, 1.82) is 0 Å². The van der Waals surface area contributed by atoms with Crippen molar-refractivity contribution < 1.29 is 9.53 Å². The van der Waals surface area contributed by atoms with Crippen molar-refractivity contribution in [3.63, 3.8) is 0 Å². The molecule has 2 saturated heterocycles. The van der Waals surface area contributed by atoms with Crippen LogP contribution in [0.3, 0.4) is 0 Å². The highest BCUT2D eigenvalue weighted by Gasteiger charge is 2.46. The summed E-state index contributed by atoms with van der Waals surface area (Å²) in [7, 11) is 0. The highest BCUT2D eigenvalue weighted by molar-refractivity contribution is 5.68. The van der Waals surface area contributed by atoms with E-state index in [1.165, 1.54) is 5.56 Å². The van der Waals surface area contributed by atoms with Gasteiger partial charge in [-0.05, 0) is 45.6 Å². The molecule has 0 N–H and O–H groups in total. The van der Waals surface area contributed by atoms with Gasteiger partial charge >= 0.3 is 6.09 Å². The van der Waals surface area contributed by atoms with Crippen molar-refractivity contribution in [3.8, 4) is 0 Å². The Morgan fingerprint density at radius 1 is 1.22 bits per heavy atom. The molecule has 1 aromatic rings. The van der Waals surface area contributed by atoms with Gasteiger partial charge in [0, 0.05) is 31.7 Å². The number of hydrogen-bond acceptors (Lipinski definition) is 3. The van der Waals surface area contributed by atoms with Crippen LogP contribution in [0.25, 0.3) is 0 Å². The van der Waals surface area contributed by atoms with Crippen molar-refractivity contribution >= 4 is 6.09 Å². The van der Waals surface area contributed by atoms with Crippen molar-refractivity contribution in [1.82, 2.24) is 9.80 Å². The van der Waals surface area contributed by atoms with Gasteiger partial charge in [-0.3, -0.25) is 4.90 Å². The Kier molecular flexibility index (Phi) is 4.37. The summed E-state index contributed by atoms with van der Waals surface area (Å²) in [5.74, 6) is 0.722. The largest absolute Gasteiger partial charge is 0.444 e. The lowest BCUT2D eigenvalue weighted by Crippen LogP contribution is -2.65. The lowest BCUT2D eigenvalue weighted by atomic mass is 9.80. The van der Waals surface area contributed by atoms with Crippen LogP contribution in [0.2, 0.25) is 0 Å². The van der Waals surface area contributed by atoms with E-state index in [1.807, 2.05) is 25.7 Å². The molecule has 0 bridgehead atoms. The molecule has 2 fully saturated rings. The molecule has 2 aliphatic rings. The highest BCUT2D eigenvalue weighted by atomic mass is 16.6. The molecule has 0 aliphatic carbocycles. The van der Waals surface area contributed by atoms with Gasteiger partial charge in [-0.15, -0.1) is 0 Å². The maximum atomic E-state index is 12.3. The monoisotopic (exact) mass is 316 g/mol. The number of amides is 1. The zero-order valence-corrected chi connectivity index (χ0v) is 14.7. The zero-order chi connectivity index (χ0) is 16.6. The number of rotatable bonds is 2. The Morgan fingerprint density at radius 3 is 2.57 bits per heavy atom. The molecule has 2 aliphatic heterocycles. The summed E-state index contributed by atoms with van der Waals surface area (Å²) in [4.78, 5) is 16.7. The van der Waals surface area contributed by atoms with Crippen LogP contribution in [-0.4, -0.2) is 47.2 Å². The van der Waals surface area contributed by atoms with Gasteiger partial charge < -0.3 is 9.64 Å². The molecule has 1 aromatic carbocycles. The molecule has 23 heavy (non-hydrogen) atoms. The first kappa shape index (κ1) is 16.3. The lowest BCUT2D eigenvalue weighted by Gasteiger charge is -2.55. The molecule has 126 valence electrons. The van der Waals surface area contributed by atoms with E-state index in [4.69, 9.17) is 4.74 Å². The molecule has 2 heterocycles. The second-order valence-corrected chi connectivity index (χ2v) is 7.83. The van der Waals surface area contributed by atoms with Gasteiger partial charge in [0.2, 0.25) is 0 Å². The number of piperidine rings is 1. The van der Waals surface area contributed by atoms with Crippen LogP contribution in [0.15, 0.2) is 30.3 Å². The van der Waals surface area contributed by atoms with Crippen LogP contribution in [0, 0.1) is 5.92 Å². The SMILES string of the molecule is CC(c1ccccc1)N1C[C@H]2CCN(C(=O)OC(C)(C)C)C[C@H]21. The average molecular weight is 316 g/mol. The third-order valence-corrected chi connectivity index (χ3v) is 5.02. The minimum atomic E-state index is -0.426. The van der Waals surface area contributed by atoms with Crippen LogP contribution >= 0.6 is 0 Å². The fourth-order valence-corrected chi connectivity index (χ4v) is 3.70. The number of likely N-dealkylation sites (tertiary alicyclic amines) is 2. The predicted molar refractivity (Wildman–Crippen MR) is 91.3 cm³/mol. The number of ether oxygens (including phenoxy) is 1. The normalized spacial score (nSPS) is 26.2. The highest BCUT2D eigenvalue weighted by Crippen LogP contribution is 2.38. The van der Waals surface area contributed by atoms with Crippen LogP contribution in [0.5, 0.6) is 0 Å².